The van der Waals surface area contributed by atoms with Gasteiger partial charge < -0.3 is 0 Å². The molecule has 6 nitrogen and oxygen atoms in total. The van der Waals surface area contributed by atoms with E-state index in [0.717, 1.165) is 17.0 Å². The van der Waals surface area contributed by atoms with Crippen molar-refractivity contribution in [3.05, 3.63) is 29.6 Å². The third-order valence-electron chi connectivity index (χ3n) is 3.20. The number of carbonyl (C=O) groups excluding carboxylic acids is 3. The molecule has 1 unspecified atom stereocenters. The summed E-state index contributed by atoms with van der Waals surface area (Å²) in [6.07, 6.45) is 0. The van der Waals surface area contributed by atoms with Gasteiger partial charge in [-0.25, -0.2) is 14.1 Å². The van der Waals surface area contributed by atoms with E-state index >= 15 is 0 Å². The van der Waals surface area contributed by atoms with Gasteiger partial charge in [-0.05, 0) is 24.1 Å². The van der Waals surface area contributed by atoms with Crippen molar-refractivity contribution in [1.29, 1.82) is 5.26 Å². The molecule has 1 atom stereocenters. The van der Waals surface area contributed by atoms with Crippen molar-refractivity contribution in [2.45, 2.75) is 13.8 Å². The molecule has 0 saturated carbocycles. The molecular weight excluding hydrogens is 277 g/mol. The summed E-state index contributed by atoms with van der Waals surface area (Å²) in [5.41, 5.74) is -0.236. The number of hydrogen-bond donors (Lipinski definition) is 1. The fourth-order valence-corrected chi connectivity index (χ4v) is 2.16. The van der Waals surface area contributed by atoms with Crippen LogP contribution in [0, 0.1) is 29.0 Å². The first-order valence-electron chi connectivity index (χ1n) is 6.25. The van der Waals surface area contributed by atoms with Gasteiger partial charge in [-0.2, -0.15) is 5.26 Å². The van der Waals surface area contributed by atoms with Crippen molar-refractivity contribution in [1.82, 2.24) is 5.32 Å². The van der Waals surface area contributed by atoms with Crippen LogP contribution in [0.4, 0.5) is 14.9 Å². The summed E-state index contributed by atoms with van der Waals surface area (Å²) < 4.78 is 13.3. The van der Waals surface area contributed by atoms with E-state index in [1.54, 1.807) is 19.9 Å². The van der Waals surface area contributed by atoms with Crippen LogP contribution >= 0.6 is 0 Å². The molecule has 7 heteroatoms. The molecule has 0 bridgehead atoms. The van der Waals surface area contributed by atoms with E-state index < -0.39 is 29.6 Å². The topological polar surface area (TPSA) is 90.3 Å². The molecule has 1 aromatic rings. The predicted octanol–water partition coefficient (Wildman–Crippen LogP) is 1.55. The average molecular weight is 289 g/mol. The van der Waals surface area contributed by atoms with E-state index in [0.29, 0.717) is 0 Å². The molecule has 108 valence electrons. The van der Waals surface area contributed by atoms with Crippen molar-refractivity contribution in [3.63, 3.8) is 0 Å². The Balaban J connectivity index is 2.47. The van der Waals surface area contributed by atoms with Gasteiger partial charge in [0.25, 0.3) is 0 Å². The third-order valence-corrected chi connectivity index (χ3v) is 3.20. The number of nitrogens with zero attached hydrogens (tertiary/aromatic N) is 2. The Morgan fingerprint density at radius 2 is 2.00 bits per heavy atom. The number of anilines is 1. The second-order valence-corrected chi connectivity index (χ2v) is 4.97. The second kappa shape index (κ2) is 5.32. The Labute approximate surface area is 120 Å². The van der Waals surface area contributed by atoms with Crippen molar-refractivity contribution >= 4 is 23.5 Å². The lowest BCUT2D eigenvalue weighted by molar-refractivity contribution is -0.136. The highest BCUT2D eigenvalue weighted by Crippen LogP contribution is 2.26. The number of barbiturate groups is 1. The molecule has 0 aliphatic carbocycles. The highest BCUT2D eigenvalue weighted by atomic mass is 19.1. The summed E-state index contributed by atoms with van der Waals surface area (Å²) in [6.45, 7) is 3.36. The molecule has 4 amide bonds. The Morgan fingerprint density at radius 3 is 2.57 bits per heavy atom. The minimum atomic E-state index is -1.00. The zero-order valence-corrected chi connectivity index (χ0v) is 11.4. The largest absolute Gasteiger partial charge is 0.335 e. The van der Waals surface area contributed by atoms with E-state index in [2.05, 4.69) is 5.32 Å². The van der Waals surface area contributed by atoms with Gasteiger partial charge in [0, 0.05) is 0 Å². The summed E-state index contributed by atoms with van der Waals surface area (Å²) in [5, 5.41) is 10.9. The molecule has 1 aliphatic heterocycles. The molecule has 0 aromatic heterocycles. The molecular formula is C14H12FN3O3. The molecule has 1 saturated heterocycles. The summed E-state index contributed by atoms with van der Waals surface area (Å²) in [7, 11) is 0. The number of urea groups is 1. The normalized spacial score (nSPS) is 18.7. The van der Waals surface area contributed by atoms with Crippen LogP contribution in [0.2, 0.25) is 0 Å². The lowest BCUT2D eigenvalue weighted by atomic mass is 9.92. The molecule has 0 spiro atoms. The number of nitriles is 1. The van der Waals surface area contributed by atoms with Crippen LogP contribution in [0.25, 0.3) is 0 Å². The fourth-order valence-electron chi connectivity index (χ4n) is 2.16. The van der Waals surface area contributed by atoms with Crippen molar-refractivity contribution in [2.75, 3.05) is 4.90 Å². The van der Waals surface area contributed by atoms with Gasteiger partial charge in [-0.1, -0.05) is 13.8 Å². The molecule has 2 rings (SSSR count). The Bertz CT molecular complexity index is 679. The molecule has 1 N–H and O–H groups in total. The van der Waals surface area contributed by atoms with E-state index in [4.69, 9.17) is 5.26 Å². The number of rotatable bonds is 2. The number of nitrogens with one attached hydrogen (secondary N) is 1. The SMILES string of the molecule is CC(C)C1C(=O)NC(=O)N(c2ccc(F)c(C#N)c2)C1=O. The van der Waals surface area contributed by atoms with Crippen LogP contribution in [-0.2, 0) is 9.59 Å². The van der Waals surface area contributed by atoms with Gasteiger partial charge in [0.05, 0.1) is 11.3 Å². The number of carbonyl (C=O) groups is 3. The Kier molecular flexibility index (Phi) is 3.72. The van der Waals surface area contributed by atoms with Crippen LogP contribution in [0.3, 0.4) is 0 Å². The first-order chi connectivity index (χ1) is 9.86. The maximum Gasteiger partial charge on any atom is 0.335 e. The van der Waals surface area contributed by atoms with Gasteiger partial charge >= 0.3 is 6.03 Å². The minimum absolute atomic E-state index is 0.0496. The van der Waals surface area contributed by atoms with Crippen molar-refractivity contribution < 1.29 is 18.8 Å². The first-order valence-corrected chi connectivity index (χ1v) is 6.25. The van der Waals surface area contributed by atoms with Crippen LogP contribution in [0.5, 0.6) is 0 Å². The summed E-state index contributed by atoms with van der Waals surface area (Å²) in [5.74, 6) is -3.39. The van der Waals surface area contributed by atoms with E-state index in [1.165, 1.54) is 6.07 Å². The number of benzene rings is 1. The first kappa shape index (κ1) is 14.7. The second-order valence-electron chi connectivity index (χ2n) is 4.97. The summed E-state index contributed by atoms with van der Waals surface area (Å²) >= 11 is 0. The van der Waals surface area contributed by atoms with E-state index in [-0.39, 0.29) is 17.2 Å². The highest BCUT2D eigenvalue weighted by molar-refractivity contribution is 6.27. The maximum atomic E-state index is 13.3. The van der Waals surface area contributed by atoms with Gasteiger partial charge in [0.2, 0.25) is 11.8 Å². The van der Waals surface area contributed by atoms with Gasteiger partial charge in [-0.15, -0.1) is 0 Å². The summed E-state index contributed by atoms with van der Waals surface area (Å²) in [4.78, 5) is 36.7. The smallest absolute Gasteiger partial charge is 0.277 e. The zero-order valence-electron chi connectivity index (χ0n) is 11.4. The third kappa shape index (κ3) is 2.48. The van der Waals surface area contributed by atoms with E-state index in [9.17, 15) is 18.8 Å². The molecule has 1 aliphatic rings. The fraction of sp³-hybridized carbons (Fsp3) is 0.286. The lowest BCUT2D eigenvalue weighted by Gasteiger charge is -2.31. The molecule has 0 radical (unpaired) electrons. The number of halogens is 1. The Hall–Kier alpha value is -2.75. The molecule has 21 heavy (non-hydrogen) atoms. The zero-order chi connectivity index (χ0) is 15.7. The number of amides is 4. The minimum Gasteiger partial charge on any atom is -0.277 e. The van der Waals surface area contributed by atoms with Crippen LogP contribution in [-0.4, -0.2) is 17.8 Å². The molecule has 1 aromatic carbocycles. The lowest BCUT2D eigenvalue weighted by Crippen LogP contribution is -2.59. The molecule has 1 heterocycles. The highest BCUT2D eigenvalue weighted by Gasteiger charge is 2.42. The van der Waals surface area contributed by atoms with Crippen molar-refractivity contribution in [2.24, 2.45) is 11.8 Å². The van der Waals surface area contributed by atoms with Crippen LogP contribution in [0.15, 0.2) is 18.2 Å². The molecule has 1 fully saturated rings. The standard InChI is InChI=1S/C14H12FN3O3/c1-7(2)11-12(19)17-14(21)18(13(11)20)9-3-4-10(15)8(5-9)6-16/h3-5,7,11H,1-2H3,(H,17,19,21). The van der Waals surface area contributed by atoms with Crippen LogP contribution in [0.1, 0.15) is 19.4 Å². The van der Waals surface area contributed by atoms with Gasteiger partial charge in [0.15, 0.2) is 0 Å². The van der Waals surface area contributed by atoms with Gasteiger partial charge in [-0.3, -0.25) is 14.9 Å². The quantitative estimate of drug-likeness (QED) is 0.836. The predicted molar refractivity (Wildman–Crippen MR) is 70.5 cm³/mol. The maximum absolute atomic E-state index is 13.3. The Morgan fingerprint density at radius 1 is 1.33 bits per heavy atom. The van der Waals surface area contributed by atoms with Gasteiger partial charge in [0.1, 0.15) is 17.8 Å². The average Bonchev–Trinajstić information content (AvgIpc) is 2.39. The summed E-state index contributed by atoms with van der Waals surface area (Å²) in [6, 6.07) is 4.03. The van der Waals surface area contributed by atoms with E-state index in [1.807, 2.05) is 0 Å². The van der Waals surface area contributed by atoms with Crippen LogP contribution < -0.4 is 10.2 Å². The van der Waals surface area contributed by atoms with Crippen molar-refractivity contribution in [3.8, 4) is 6.07 Å². The monoisotopic (exact) mass is 289 g/mol. The number of hydrogen-bond acceptors (Lipinski definition) is 4. The number of imide groups is 2.